The van der Waals surface area contributed by atoms with Crippen LogP contribution in [-0.2, 0) is 21.4 Å². The monoisotopic (exact) mass is 465 g/mol. The number of amides is 1. The second-order valence-corrected chi connectivity index (χ2v) is 9.85. The number of carbonyl (C=O) groups is 1. The van der Waals surface area contributed by atoms with E-state index in [1.54, 1.807) is 0 Å². The lowest BCUT2D eigenvalue weighted by molar-refractivity contribution is -0.135. The number of anilines is 1. The van der Waals surface area contributed by atoms with Crippen LogP contribution in [0.2, 0.25) is 0 Å². The fourth-order valence-corrected chi connectivity index (χ4v) is 6.11. The van der Waals surface area contributed by atoms with E-state index in [4.69, 9.17) is 15.5 Å². The van der Waals surface area contributed by atoms with Crippen molar-refractivity contribution >= 4 is 24.3 Å². The zero-order chi connectivity index (χ0) is 21.4. The maximum Gasteiger partial charge on any atom is 0.255 e. The van der Waals surface area contributed by atoms with Gasteiger partial charge in [0.15, 0.2) is 0 Å². The SMILES string of the molecule is Cl.N[C@H](C(=O)N1CCC2(CCc3c2nc(N2CCOCC2)[nH]c3=O)CC1)C1CCCCC1. The molecule has 1 aromatic heterocycles. The first-order valence-corrected chi connectivity index (χ1v) is 12.1. The molecule has 178 valence electrons. The molecule has 1 spiro atoms. The summed E-state index contributed by atoms with van der Waals surface area (Å²) in [7, 11) is 0. The van der Waals surface area contributed by atoms with Gasteiger partial charge in [0, 0.05) is 37.2 Å². The largest absolute Gasteiger partial charge is 0.378 e. The zero-order valence-electron chi connectivity index (χ0n) is 18.8. The quantitative estimate of drug-likeness (QED) is 0.704. The average molecular weight is 466 g/mol. The third kappa shape index (κ3) is 4.29. The van der Waals surface area contributed by atoms with Gasteiger partial charge in [-0.05, 0) is 44.4 Å². The fraction of sp³-hybridized carbons (Fsp3) is 0.783. The summed E-state index contributed by atoms with van der Waals surface area (Å²) in [6, 6.07) is -0.362. The first-order chi connectivity index (χ1) is 15.1. The lowest BCUT2D eigenvalue weighted by atomic mass is 9.75. The van der Waals surface area contributed by atoms with Crippen LogP contribution in [0.5, 0.6) is 0 Å². The predicted molar refractivity (Wildman–Crippen MR) is 126 cm³/mol. The fourth-order valence-electron chi connectivity index (χ4n) is 6.11. The number of hydrogen-bond acceptors (Lipinski definition) is 6. The molecule has 1 atom stereocenters. The standard InChI is InChI=1S/C23H35N5O3.ClH/c24-18(16-4-2-1-3-5-16)21(30)27-10-8-23(9-11-27)7-6-17-19(23)25-22(26-20(17)29)28-12-14-31-15-13-28;/h16,18H,1-15,24H2,(H,25,26,29);1H/t18-;/m0./s1. The molecule has 8 nitrogen and oxygen atoms in total. The third-order valence-electron chi connectivity index (χ3n) is 8.14. The number of hydrogen-bond donors (Lipinski definition) is 2. The van der Waals surface area contributed by atoms with Gasteiger partial charge < -0.3 is 20.3 Å². The number of nitrogens with two attached hydrogens (primary N) is 1. The number of fused-ring (bicyclic) bond motifs is 2. The number of ether oxygens (including phenoxy) is 1. The highest BCUT2D eigenvalue weighted by molar-refractivity contribution is 5.85. The van der Waals surface area contributed by atoms with Crippen molar-refractivity contribution in [1.82, 2.24) is 14.9 Å². The molecule has 1 saturated carbocycles. The highest BCUT2D eigenvalue weighted by Crippen LogP contribution is 2.44. The summed E-state index contributed by atoms with van der Waals surface area (Å²) in [5, 5.41) is 0. The number of carbonyl (C=O) groups excluding carboxylic acids is 1. The number of aromatic amines is 1. The van der Waals surface area contributed by atoms with E-state index >= 15 is 0 Å². The first kappa shape index (κ1) is 23.5. The maximum absolute atomic E-state index is 13.1. The Labute approximate surface area is 195 Å². The Balaban J connectivity index is 0.00000245. The van der Waals surface area contributed by atoms with E-state index < -0.39 is 0 Å². The molecule has 0 bridgehead atoms. The second-order valence-electron chi connectivity index (χ2n) is 9.85. The van der Waals surface area contributed by atoms with Crippen molar-refractivity contribution < 1.29 is 9.53 Å². The zero-order valence-corrected chi connectivity index (χ0v) is 19.6. The molecular formula is C23H36ClN5O3. The molecule has 3 heterocycles. The van der Waals surface area contributed by atoms with Crippen molar-refractivity contribution in [3.8, 4) is 0 Å². The Bertz CT molecular complexity index is 871. The summed E-state index contributed by atoms with van der Waals surface area (Å²) in [6.45, 7) is 4.22. The van der Waals surface area contributed by atoms with Crippen molar-refractivity contribution in [2.45, 2.75) is 69.2 Å². The Kier molecular flexibility index (Phi) is 7.12. The molecule has 2 saturated heterocycles. The minimum Gasteiger partial charge on any atom is -0.378 e. The van der Waals surface area contributed by atoms with Crippen LogP contribution in [0.1, 0.15) is 62.6 Å². The molecule has 32 heavy (non-hydrogen) atoms. The number of nitrogens with zero attached hydrogens (tertiary/aromatic N) is 3. The van der Waals surface area contributed by atoms with Gasteiger partial charge in [0.05, 0.1) is 24.9 Å². The van der Waals surface area contributed by atoms with Crippen LogP contribution in [0.15, 0.2) is 4.79 Å². The summed E-state index contributed by atoms with van der Waals surface area (Å²) in [5.74, 6) is 1.12. The van der Waals surface area contributed by atoms with Gasteiger partial charge in [-0.2, -0.15) is 0 Å². The molecule has 2 aliphatic heterocycles. The Hall–Kier alpha value is -1.64. The topological polar surface area (TPSA) is 105 Å². The number of morpholine rings is 1. The molecule has 1 aromatic rings. The molecular weight excluding hydrogens is 430 g/mol. The number of rotatable bonds is 3. The Morgan fingerprint density at radius 1 is 1.09 bits per heavy atom. The molecule has 0 radical (unpaired) electrons. The number of likely N-dealkylation sites (tertiary alicyclic amines) is 1. The van der Waals surface area contributed by atoms with Gasteiger partial charge in [0.2, 0.25) is 11.9 Å². The molecule has 3 N–H and O–H groups in total. The lowest BCUT2D eigenvalue weighted by Crippen LogP contribution is -2.52. The minimum atomic E-state index is -0.362. The predicted octanol–water partition coefficient (Wildman–Crippen LogP) is 1.74. The molecule has 9 heteroatoms. The molecule has 4 aliphatic rings. The summed E-state index contributed by atoms with van der Waals surface area (Å²) in [5.41, 5.74) is 8.13. The Morgan fingerprint density at radius 2 is 1.78 bits per heavy atom. The van der Waals surface area contributed by atoms with Crippen LogP contribution in [0, 0.1) is 5.92 Å². The van der Waals surface area contributed by atoms with Gasteiger partial charge in [-0.15, -0.1) is 12.4 Å². The molecule has 3 fully saturated rings. The van der Waals surface area contributed by atoms with Crippen molar-refractivity contribution in [2.24, 2.45) is 11.7 Å². The lowest BCUT2D eigenvalue weighted by Gasteiger charge is -2.41. The normalized spacial score (nSPS) is 24.2. The Morgan fingerprint density at radius 3 is 2.47 bits per heavy atom. The highest BCUT2D eigenvalue weighted by atomic mass is 35.5. The van der Waals surface area contributed by atoms with E-state index in [2.05, 4.69) is 9.88 Å². The van der Waals surface area contributed by atoms with Gasteiger partial charge in [0.25, 0.3) is 5.56 Å². The van der Waals surface area contributed by atoms with Crippen LogP contribution in [-0.4, -0.2) is 66.2 Å². The number of H-pyrrole nitrogens is 1. The van der Waals surface area contributed by atoms with Crippen molar-refractivity contribution in [3.63, 3.8) is 0 Å². The smallest absolute Gasteiger partial charge is 0.255 e. The summed E-state index contributed by atoms with van der Waals surface area (Å²) < 4.78 is 5.44. The molecule has 0 aromatic carbocycles. The maximum atomic E-state index is 13.1. The van der Waals surface area contributed by atoms with Crippen LogP contribution in [0.25, 0.3) is 0 Å². The van der Waals surface area contributed by atoms with Gasteiger partial charge in [-0.3, -0.25) is 14.6 Å². The van der Waals surface area contributed by atoms with Gasteiger partial charge in [-0.1, -0.05) is 19.3 Å². The van der Waals surface area contributed by atoms with E-state index in [1.165, 1.54) is 19.3 Å². The molecule has 5 rings (SSSR count). The van der Waals surface area contributed by atoms with Crippen molar-refractivity contribution in [1.29, 1.82) is 0 Å². The second kappa shape index (κ2) is 9.69. The van der Waals surface area contributed by atoms with E-state index in [9.17, 15) is 9.59 Å². The van der Waals surface area contributed by atoms with Crippen LogP contribution < -0.4 is 16.2 Å². The summed E-state index contributed by atoms with van der Waals surface area (Å²) in [4.78, 5) is 37.9. The van der Waals surface area contributed by atoms with E-state index in [1.807, 2.05) is 4.90 Å². The van der Waals surface area contributed by atoms with Crippen LogP contribution in [0.3, 0.4) is 0 Å². The van der Waals surface area contributed by atoms with Crippen molar-refractivity contribution in [2.75, 3.05) is 44.3 Å². The summed E-state index contributed by atoms with van der Waals surface area (Å²) in [6.07, 6.45) is 9.25. The van der Waals surface area contributed by atoms with Crippen LogP contribution >= 0.6 is 12.4 Å². The third-order valence-corrected chi connectivity index (χ3v) is 8.14. The highest BCUT2D eigenvalue weighted by Gasteiger charge is 2.45. The van der Waals surface area contributed by atoms with Gasteiger partial charge in [0.1, 0.15) is 0 Å². The number of halogens is 1. The van der Waals surface area contributed by atoms with Gasteiger partial charge >= 0.3 is 0 Å². The minimum absolute atomic E-state index is 0. The summed E-state index contributed by atoms with van der Waals surface area (Å²) >= 11 is 0. The average Bonchev–Trinajstić information content (AvgIpc) is 3.18. The van der Waals surface area contributed by atoms with E-state index in [0.29, 0.717) is 38.2 Å². The van der Waals surface area contributed by atoms with E-state index in [0.717, 1.165) is 62.9 Å². The van der Waals surface area contributed by atoms with E-state index in [-0.39, 0.29) is 35.3 Å². The van der Waals surface area contributed by atoms with Crippen LogP contribution in [0.4, 0.5) is 5.95 Å². The molecule has 1 amide bonds. The number of nitrogens with one attached hydrogen (secondary N) is 1. The molecule has 0 unspecified atom stereocenters. The number of aromatic nitrogens is 2. The van der Waals surface area contributed by atoms with Gasteiger partial charge in [-0.25, -0.2) is 4.98 Å². The molecule has 2 aliphatic carbocycles. The first-order valence-electron chi connectivity index (χ1n) is 12.1. The number of piperidine rings is 1. The van der Waals surface area contributed by atoms with Crippen molar-refractivity contribution in [3.05, 3.63) is 21.6 Å².